The fourth-order valence-corrected chi connectivity index (χ4v) is 5.82. The highest BCUT2D eigenvalue weighted by atomic mass is 16.5. The molecule has 0 radical (unpaired) electrons. The van der Waals surface area contributed by atoms with Gasteiger partial charge in [0.15, 0.2) is 0 Å². The highest BCUT2D eigenvalue weighted by Gasteiger charge is 2.49. The first-order chi connectivity index (χ1) is 18.5. The number of carbonyl (C=O) groups is 1. The van der Waals surface area contributed by atoms with Crippen molar-refractivity contribution in [3.8, 4) is 22.9 Å². The van der Waals surface area contributed by atoms with E-state index in [0.29, 0.717) is 31.0 Å². The number of benzene rings is 2. The van der Waals surface area contributed by atoms with E-state index in [1.54, 1.807) is 6.20 Å². The molecule has 0 atom stereocenters. The first kappa shape index (κ1) is 23.7. The monoisotopic (exact) mass is 504 g/mol. The summed E-state index contributed by atoms with van der Waals surface area (Å²) in [7, 11) is 0. The molecule has 4 aromatic rings. The second-order valence-corrected chi connectivity index (χ2v) is 10.2. The predicted molar refractivity (Wildman–Crippen MR) is 146 cm³/mol. The average molecular weight is 505 g/mol. The van der Waals surface area contributed by atoms with Crippen molar-refractivity contribution in [1.82, 2.24) is 20.1 Å². The molecule has 8 nitrogen and oxygen atoms in total. The van der Waals surface area contributed by atoms with Crippen molar-refractivity contribution in [2.24, 2.45) is 5.41 Å². The summed E-state index contributed by atoms with van der Waals surface area (Å²) in [5.74, 6) is 0.653. The fraction of sp³-hybridized carbons (Fsp3) is 0.267. The lowest BCUT2D eigenvalue weighted by Crippen LogP contribution is -2.59. The fourth-order valence-electron chi connectivity index (χ4n) is 5.82. The SMILES string of the molecule is C=CC(=O)N1CC2(CCN(c3cc(OCc4ccccn4)cc(-c4c(C)ccc5[nH]ncc45)c3C#N)C2)C1. The quantitative estimate of drug-likeness (QED) is 0.385. The number of nitrogens with zero attached hydrogens (tertiary/aromatic N) is 5. The largest absolute Gasteiger partial charge is 0.487 e. The van der Waals surface area contributed by atoms with Gasteiger partial charge in [-0.15, -0.1) is 0 Å². The Morgan fingerprint density at radius 3 is 2.89 bits per heavy atom. The van der Waals surface area contributed by atoms with E-state index in [2.05, 4.69) is 39.7 Å². The Bertz CT molecular complexity index is 1580. The molecular weight excluding hydrogens is 476 g/mol. The Hall–Kier alpha value is -4.64. The van der Waals surface area contributed by atoms with Crippen molar-refractivity contribution in [1.29, 1.82) is 5.26 Å². The number of aromatic amines is 1. The number of aryl methyl sites for hydroxylation is 1. The molecule has 2 fully saturated rings. The average Bonchev–Trinajstić information content (AvgIpc) is 3.58. The minimum absolute atomic E-state index is 0.0253. The number of ether oxygens (including phenoxy) is 1. The molecule has 0 saturated carbocycles. The summed E-state index contributed by atoms with van der Waals surface area (Å²) in [5.41, 5.74) is 6.09. The van der Waals surface area contributed by atoms with E-state index in [1.165, 1.54) is 6.08 Å². The van der Waals surface area contributed by atoms with Gasteiger partial charge in [0.2, 0.25) is 5.91 Å². The van der Waals surface area contributed by atoms with Crippen LogP contribution in [0.2, 0.25) is 0 Å². The zero-order valence-electron chi connectivity index (χ0n) is 21.3. The van der Waals surface area contributed by atoms with E-state index in [1.807, 2.05) is 53.6 Å². The van der Waals surface area contributed by atoms with Crippen LogP contribution in [0.15, 0.2) is 67.5 Å². The van der Waals surface area contributed by atoms with Crippen molar-refractivity contribution in [2.45, 2.75) is 20.0 Å². The Kier molecular flexibility index (Phi) is 5.84. The van der Waals surface area contributed by atoms with Crippen LogP contribution in [0, 0.1) is 23.7 Å². The number of rotatable bonds is 6. The van der Waals surface area contributed by atoms with Crippen LogP contribution in [0.5, 0.6) is 5.75 Å². The third kappa shape index (κ3) is 4.06. The number of nitriles is 1. The van der Waals surface area contributed by atoms with Gasteiger partial charge in [-0.05, 0) is 54.8 Å². The molecule has 0 aliphatic carbocycles. The van der Waals surface area contributed by atoms with Gasteiger partial charge in [0.05, 0.1) is 28.7 Å². The van der Waals surface area contributed by atoms with Crippen LogP contribution >= 0.6 is 0 Å². The summed E-state index contributed by atoms with van der Waals surface area (Å²) in [6.07, 6.45) is 5.90. The number of hydrogen-bond acceptors (Lipinski definition) is 6. The smallest absolute Gasteiger partial charge is 0.245 e. The molecule has 2 saturated heterocycles. The Morgan fingerprint density at radius 1 is 1.26 bits per heavy atom. The van der Waals surface area contributed by atoms with Gasteiger partial charge >= 0.3 is 0 Å². The minimum Gasteiger partial charge on any atom is -0.487 e. The number of fused-ring (bicyclic) bond motifs is 1. The van der Waals surface area contributed by atoms with E-state index in [0.717, 1.165) is 58.5 Å². The van der Waals surface area contributed by atoms with Gasteiger partial charge in [0, 0.05) is 54.8 Å². The maximum absolute atomic E-state index is 12.1. The Labute approximate surface area is 221 Å². The first-order valence-electron chi connectivity index (χ1n) is 12.7. The first-order valence-corrected chi connectivity index (χ1v) is 12.7. The van der Waals surface area contributed by atoms with Crippen LogP contribution < -0.4 is 9.64 Å². The van der Waals surface area contributed by atoms with Crippen LogP contribution in [0.4, 0.5) is 5.69 Å². The molecule has 6 rings (SSSR count). The van der Waals surface area contributed by atoms with Crippen molar-refractivity contribution in [3.05, 3.63) is 84.3 Å². The van der Waals surface area contributed by atoms with E-state index < -0.39 is 0 Å². The topological polar surface area (TPSA) is 98.1 Å². The van der Waals surface area contributed by atoms with Crippen LogP contribution in [-0.2, 0) is 11.4 Å². The van der Waals surface area contributed by atoms with Gasteiger partial charge in [-0.3, -0.25) is 14.9 Å². The molecule has 0 unspecified atom stereocenters. The van der Waals surface area contributed by atoms with Gasteiger partial charge in [0.25, 0.3) is 0 Å². The predicted octanol–water partition coefficient (Wildman–Crippen LogP) is 4.61. The molecule has 8 heteroatoms. The molecule has 1 amide bonds. The van der Waals surface area contributed by atoms with Crippen molar-refractivity contribution in [3.63, 3.8) is 0 Å². The second-order valence-electron chi connectivity index (χ2n) is 10.2. The summed E-state index contributed by atoms with van der Waals surface area (Å²) < 4.78 is 6.26. The zero-order valence-corrected chi connectivity index (χ0v) is 21.3. The third-order valence-corrected chi connectivity index (χ3v) is 7.74. The number of H-pyrrole nitrogens is 1. The summed E-state index contributed by atoms with van der Waals surface area (Å²) in [5, 5.41) is 18.7. The minimum atomic E-state index is -0.0253. The van der Waals surface area contributed by atoms with Gasteiger partial charge in [-0.2, -0.15) is 10.4 Å². The van der Waals surface area contributed by atoms with Crippen molar-refractivity contribution in [2.75, 3.05) is 31.1 Å². The maximum atomic E-state index is 12.1. The molecular formula is C30H28N6O2. The standard InChI is InChI=1S/C30H28N6O2/c1-3-28(37)36-18-30(19-36)9-11-35(17-30)27-13-22(38-16-21-6-4-5-10-32-21)12-23(24(27)14-31)29-20(2)7-8-26-25(29)15-33-34-26/h3-8,10,12-13,15H,1,9,11,16-19H2,2H3,(H,33,34). The van der Waals surface area contributed by atoms with Crippen LogP contribution in [0.3, 0.4) is 0 Å². The summed E-state index contributed by atoms with van der Waals surface area (Å²) in [6, 6.07) is 16.2. The number of pyridine rings is 1. The number of carbonyl (C=O) groups excluding carboxylic acids is 1. The van der Waals surface area contributed by atoms with Gasteiger partial charge in [0.1, 0.15) is 18.4 Å². The number of anilines is 1. The Balaban J connectivity index is 1.41. The molecule has 190 valence electrons. The molecule has 2 aromatic carbocycles. The lowest BCUT2D eigenvalue weighted by Gasteiger charge is -2.47. The van der Waals surface area contributed by atoms with Crippen LogP contribution in [0.25, 0.3) is 22.0 Å². The van der Waals surface area contributed by atoms with E-state index >= 15 is 0 Å². The number of likely N-dealkylation sites (tertiary alicyclic amines) is 1. The zero-order chi connectivity index (χ0) is 26.3. The molecule has 4 heterocycles. The van der Waals surface area contributed by atoms with Gasteiger partial charge < -0.3 is 14.5 Å². The number of aromatic nitrogens is 3. The highest BCUT2D eigenvalue weighted by Crippen LogP contribution is 2.45. The van der Waals surface area contributed by atoms with Crippen LogP contribution in [0.1, 0.15) is 23.2 Å². The summed E-state index contributed by atoms with van der Waals surface area (Å²) in [6.45, 7) is 9.00. The van der Waals surface area contributed by atoms with Gasteiger partial charge in [-0.25, -0.2) is 0 Å². The molecule has 2 aliphatic heterocycles. The second kappa shape index (κ2) is 9.34. The normalized spacial score (nSPS) is 15.9. The number of hydrogen-bond donors (Lipinski definition) is 1. The molecule has 1 N–H and O–H groups in total. The Morgan fingerprint density at radius 2 is 2.13 bits per heavy atom. The molecule has 38 heavy (non-hydrogen) atoms. The van der Waals surface area contributed by atoms with Crippen molar-refractivity contribution >= 4 is 22.5 Å². The molecule has 2 aliphatic rings. The van der Waals surface area contributed by atoms with Crippen LogP contribution in [-0.4, -0.2) is 52.2 Å². The van der Waals surface area contributed by atoms with E-state index in [4.69, 9.17) is 4.74 Å². The van der Waals surface area contributed by atoms with Gasteiger partial charge in [-0.1, -0.05) is 18.7 Å². The van der Waals surface area contributed by atoms with E-state index in [-0.39, 0.29) is 11.3 Å². The number of amides is 1. The third-order valence-electron chi connectivity index (χ3n) is 7.74. The lowest BCUT2D eigenvalue weighted by molar-refractivity contribution is -0.136. The number of nitrogens with one attached hydrogen (secondary N) is 1. The molecule has 1 spiro atoms. The summed E-state index contributed by atoms with van der Waals surface area (Å²) >= 11 is 0. The summed E-state index contributed by atoms with van der Waals surface area (Å²) in [4.78, 5) is 20.6. The maximum Gasteiger partial charge on any atom is 0.245 e. The van der Waals surface area contributed by atoms with E-state index in [9.17, 15) is 10.1 Å². The molecule has 2 aromatic heterocycles. The molecule has 0 bridgehead atoms. The lowest BCUT2D eigenvalue weighted by atomic mass is 9.79. The van der Waals surface area contributed by atoms with Crippen molar-refractivity contribution < 1.29 is 9.53 Å². The highest BCUT2D eigenvalue weighted by molar-refractivity contribution is 5.99.